The van der Waals surface area contributed by atoms with Gasteiger partial charge in [-0.05, 0) is 159 Å². The van der Waals surface area contributed by atoms with Gasteiger partial charge in [-0.3, -0.25) is 9.80 Å². The minimum atomic E-state index is -0.240. The molecule has 0 spiro atoms. The van der Waals surface area contributed by atoms with E-state index in [1.54, 1.807) is 0 Å². The number of fused-ring (bicyclic) bond motifs is 13. The second kappa shape index (κ2) is 20.6. The van der Waals surface area contributed by atoms with Gasteiger partial charge in [0.05, 0.1) is 11.4 Å². The standard InChI is InChI=1S/C87H66N4/c1-85(2)75-49-55(29-31-57-35-41-71-73-43-37-63(53-79(73)86(3,4)77(71)51-57)90(81-27-15-21-59-17-7-11-23-65(59)81)83-67-25-13-9-19-61(67)45-47-88-83)33-39-69(75)70-40-34-56(50-76(70)85)30-32-58-36-42-72-74-44-38-64(54-80(74)87(5,6)78(72)52-58)91(82-28-16-22-60-18-8-12-24-66(60)82)84-68-26-14-10-20-62(68)46-48-89-84/h7-54H,1-6H3. The Balaban J connectivity index is 0.628. The number of benzene rings is 12. The van der Waals surface area contributed by atoms with Gasteiger partial charge in [0.15, 0.2) is 0 Å². The smallest absolute Gasteiger partial charge is 0.145 e. The fourth-order valence-corrected chi connectivity index (χ4v) is 15.5. The van der Waals surface area contributed by atoms with E-state index in [1.807, 2.05) is 12.4 Å². The molecule has 434 valence electrons. The molecule has 0 amide bonds. The van der Waals surface area contributed by atoms with Crippen molar-refractivity contribution in [1.29, 1.82) is 0 Å². The van der Waals surface area contributed by atoms with Crippen LogP contribution in [0.3, 0.4) is 0 Å². The van der Waals surface area contributed by atoms with Gasteiger partial charge in [-0.1, -0.05) is 272 Å². The van der Waals surface area contributed by atoms with Crippen LogP contribution in [0.4, 0.5) is 34.4 Å². The predicted molar refractivity (Wildman–Crippen MR) is 385 cm³/mol. The number of nitrogens with zero attached hydrogens (tertiary/aromatic N) is 4. The molecule has 17 rings (SSSR count). The Morgan fingerprint density at radius 2 is 0.538 bits per heavy atom. The Hall–Kier alpha value is -10.9. The molecular weight excluding hydrogens is 1100 g/mol. The van der Waals surface area contributed by atoms with Crippen LogP contribution in [-0.2, 0) is 16.2 Å². The molecule has 0 N–H and O–H groups in total. The van der Waals surface area contributed by atoms with E-state index in [4.69, 9.17) is 9.97 Å². The summed E-state index contributed by atoms with van der Waals surface area (Å²) >= 11 is 0. The van der Waals surface area contributed by atoms with Crippen molar-refractivity contribution in [1.82, 2.24) is 9.97 Å². The van der Waals surface area contributed by atoms with Gasteiger partial charge in [-0.2, -0.15) is 0 Å². The lowest BCUT2D eigenvalue weighted by Gasteiger charge is -2.29. The highest BCUT2D eigenvalue weighted by Gasteiger charge is 2.39. The molecule has 3 aliphatic carbocycles. The summed E-state index contributed by atoms with van der Waals surface area (Å²) in [5, 5.41) is 9.32. The third-order valence-corrected chi connectivity index (χ3v) is 20.3. The van der Waals surface area contributed by atoms with Gasteiger partial charge in [0.25, 0.3) is 0 Å². The normalized spacial score (nSPS) is 14.4. The van der Waals surface area contributed by atoms with Crippen LogP contribution in [0.25, 0.3) is 101 Å². The van der Waals surface area contributed by atoms with Crippen molar-refractivity contribution in [3.05, 3.63) is 323 Å². The molecular formula is C87H66N4. The number of hydrogen-bond acceptors (Lipinski definition) is 4. The first-order chi connectivity index (χ1) is 44.4. The van der Waals surface area contributed by atoms with Crippen LogP contribution in [-0.4, -0.2) is 9.97 Å². The molecule has 0 saturated heterocycles. The molecule has 14 aromatic rings. The van der Waals surface area contributed by atoms with E-state index in [9.17, 15) is 0 Å². The molecule has 0 bridgehead atoms. The zero-order valence-electron chi connectivity index (χ0n) is 52.0. The number of anilines is 6. The summed E-state index contributed by atoms with van der Waals surface area (Å²) in [6.07, 6.45) is 13.0. The lowest BCUT2D eigenvalue weighted by molar-refractivity contribution is 0.660. The quantitative estimate of drug-likeness (QED) is 0.128. The van der Waals surface area contributed by atoms with Crippen molar-refractivity contribution < 1.29 is 0 Å². The second-order valence-corrected chi connectivity index (χ2v) is 26.6. The van der Waals surface area contributed by atoms with E-state index < -0.39 is 0 Å². The fourth-order valence-electron chi connectivity index (χ4n) is 15.5. The van der Waals surface area contributed by atoms with E-state index in [1.165, 1.54) is 111 Å². The van der Waals surface area contributed by atoms with Crippen molar-refractivity contribution in [3.63, 3.8) is 0 Å². The number of pyridine rings is 2. The van der Waals surface area contributed by atoms with Crippen molar-refractivity contribution in [3.8, 4) is 33.4 Å². The van der Waals surface area contributed by atoms with Gasteiger partial charge < -0.3 is 0 Å². The zero-order valence-corrected chi connectivity index (χ0v) is 52.0. The number of hydrogen-bond donors (Lipinski definition) is 0. The molecule has 2 aromatic heterocycles. The fraction of sp³-hybridized carbons (Fsp3) is 0.103. The van der Waals surface area contributed by atoms with E-state index in [0.717, 1.165) is 55.9 Å². The van der Waals surface area contributed by atoms with Crippen LogP contribution >= 0.6 is 0 Å². The molecule has 0 atom stereocenters. The van der Waals surface area contributed by atoms with Gasteiger partial charge in [-0.15, -0.1) is 0 Å². The van der Waals surface area contributed by atoms with Crippen molar-refractivity contribution in [2.24, 2.45) is 0 Å². The number of aromatic nitrogens is 2. The van der Waals surface area contributed by atoms with Crippen LogP contribution in [0.5, 0.6) is 0 Å². The first-order valence-electron chi connectivity index (χ1n) is 31.8. The summed E-state index contributed by atoms with van der Waals surface area (Å²) in [4.78, 5) is 14.9. The second-order valence-electron chi connectivity index (χ2n) is 26.6. The Kier molecular flexibility index (Phi) is 12.3. The first-order valence-corrected chi connectivity index (χ1v) is 31.8. The van der Waals surface area contributed by atoms with E-state index in [-0.39, 0.29) is 16.2 Å². The summed E-state index contributed by atoms with van der Waals surface area (Å²) in [6, 6.07) is 94.0. The van der Waals surface area contributed by atoms with Gasteiger partial charge in [0.1, 0.15) is 11.6 Å². The molecule has 4 nitrogen and oxygen atoms in total. The lowest BCUT2D eigenvalue weighted by atomic mass is 9.81. The average molecular weight is 1170 g/mol. The lowest BCUT2D eigenvalue weighted by Crippen LogP contribution is -2.17. The zero-order chi connectivity index (χ0) is 61.3. The van der Waals surface area contributed by atoms with Crippen LogP contribution < -0.4 is 9.80 Å². The monoisotopic (exact) mass is 1170 g/mol. The van der Waals surface area contributed by atoms with E-state index >= 15 is 0 Å². The first kappa shape index (κ1) is 54.2. The van der Waals surface area contributed by atoms with E-state index in [2.05, 4.69) is 330 Å². The summed E-state index contributed by atoms with van der Waals surface area (Å²) in [7, 11) is 0. The highest BCUT2D eigenvalue weighted by molar-refractivity contribution is 6.06. The molecule has 3 aliphatic rings. The van der Waals surface area contributed by atoms with Crippen LogP contribution in [0.2, 0.25) is 0 Å². The summed E-state index contributed by atoms with van der Waals surface area (Å²) in [6.45, 7) is 14.3. The highest BCUT2D eigenvalue weighted by Crippen LogP contribution is 2.55. The molecule has 0 unspecified atom stereocenters. The topological polar surface area (TPSA) is 32.3 Å². The highest BCUT2D eigenvalue weighted by atomic mass is 15.2. The van der Waals surface area contributed by atoms with E-state index in [0.29, 0.717) is 0 Å². The maximum Gasteiger partial charge on any atom is 0.145 e. The van der Waals surface area contributed by atoms with Crippen molar-refractivity contribution in [2.75, 3.05) is 9.80 Å². The van der Waals surface area contributed by atoms with Gasteiger partial charge in [0, 0.05) is 61.6 Å². The minimum Gasteiger partial charge on any atom is -0.294 e. The molecule has 0 saturated carbocycles. The van der Waals surface area contributed by atoms with Gasteiger partial charge in [-0.25, -0.2) is 9.97 Å². The molecule has 4 heteroatoms. The molecule has 0 aliphatic heterocycles. The molecule has 0 fully saturated rings. The van der Waals surface area contributed by atoms with Crippen LogP contribution in [0, 0.1) is 0 Å². The van der Waals surface area contributed by atoms with Gasteiger partial charge in [0.2, 0.25) is 0 Å². The predicted octanol–water partition coefficient (Wildman–Crippen LogP) is 23.3. The molecule has 12 aromatic carbocycles. The van der Waals surface area contributed by atoms with Crippen molar-refractivity contribution >= 4 is 102 Å². The van der Waals surface area contributed by atoms with Gasteiger partial charge >= 0.3 is 0 Å². The Bertz CT molecular complexity index is 4910. The average Bonchev–Trinajstić information content (AvgIpc) is 1.69. The minimum absolute atomic E-state index is 0.178. The molecule has 2 heterocycles. The summed E-state index contributed by atoms with van der Waals surface area (Å²) < 4.78 is 0. The molecule has 91 heavy (non-hydrogen) atoms. The maximum absolute atomic E-state index is 5.10. The summed E-state index contributed by atoms with van der Waals surface area (Å²) in [5.74, 6) is 1.84. The largest absolute Gasteiger partial charge is 0.294 e. The Labute approximate surface area is 532 Å². The Morgan fingerprint density at radius 3 is 0.879 bits per heavy atom. The third kappa shape index (κ3) is 8.64. The third-order valence-electron chi connectivity index (χ3n) is 20.3. The van der Waals surface area contributed by atoms with Crippen LogP contribution in [0.1, 0.15) is 97.2 Å². The van der Waals surface area contributed by atoms with Crippen molar-refractivity contribution in [2.45, 2.75) is 57.8 Å². The molecule has 0 radical (unpaired) electrons. The summed E-state index contributed by atoms with van der Waals surface area (Å²) in [5.41, 5.74) is 24.3. The van der Waals surface area contributed by atoms with Crippen LogP contribution in [0.15, 0.2) is 267 Å². The maximum atomic E-state index is 5.10. The SMILES string of the molecule is CC1(C)c2cc(C=Cc3ccc4c(c3)C(C)(C)c3cc(N(c5cccc6ccccc56)c5nccc6ccccc56)ccc3-4)ccc2-c2ccc(C=Cc3ccc4c(c3)C(C)(C)c3cc(N(c5cccc6ccccc56)c5nccc6ccccc56)ccc3-4)cc21. The Morgan fingerprint density at radius 1 is 0.264 bits per heavy atom. The number of rotatable bonds is 10.